The lowest BCUT2D eigenvalue weighted by Crippen LogP contribution is -2.29. The van der Waals surface area contributed by atoms with Crippen LogP contribution in [0.3, 0.4) is 0 Å². The Morgan fingerprint density at radius 2 is 2.04 bits per heavy atom. The summed E-state index contributed by atoms with van der Waals surface area (Å²) in [6.45, 7) is 2.01. The van der Waals surface area contributed by atoms with Crippen LogP contribution in [0.1, 0.15) is 48.9 Å². The number of rotatable bonds is 5. The largest absolute Gasteiger partial charge is 0.349 e. The first-order valence-electron chi connectivity index (χ1n) is 8.66. The molecule has 0 radical (unpaired) electrons. The summed E-state index contributed by atoms with van der Waals surface area (Å²) in [5, 5.41) is 3.11. The standard InChI is InChI=1S/C18H25NO3S2/c1-13(15-7-6-14-4-2-3-5-16(14)10-15)19-18(20)11-23-17-8-9-24(21,22)12-17/h6-7,10,13,17H,2-5,8-9,11-12H2,1H3,(H,19,20). The second-order valence-corrected chi connectivity index (χ2v) is 10.4. The number of carbonyl (C=O) groups excluding carboxylic acids is 1. The fourth-order valence-electron chi connectivity index (χ4n) is 3.48. The van der Waals surface area contributed by atoms with E-state index in [1.54, 1.807) is 0 Å². The van der Waals surface area contributed by atoms with Gasteiger partial charge < -0.3 is 5.32 Å². The highest BCUT2D eigenvalue weighted by Crippen LogP contribution is 2.26. The number of benzene rings is 1. The van der Waals surface area contributed by atoms with E-state index in [1.807, 2.05) is 6.92 Å². The van der Waals surface area contributed by atoms with Crippen LogP contribution in [0.2, 0.25) is 0 Å². The number of hydrogen-bond donors (Lipinski definition) is 1. The predicted molar refractivity (Wildman–Crippen MR) is 99.2 cm³/mol. The summed E-state index contributed by atoms with van der Waals surface area (Å²) in [5.74, 6) is 0.785. The summed E-state index contributed by atoms with van der Waals surface area (Å²) >= 11 is 1.46. The molecule has 1 heterocycles. The molecule has 1 aliphatic heterocycles. The minimum Gasteiger partial charge on any atom is -0.349 e. The fourth-order valence-corrected chi connectivity index (χ4v) is 6.93. The molecule has 1 N–H and O–H groups in total. The van der Waals surface area contributed by atoms with Gasteiger partial charge >= 0.3 is 0 Å². The van der Waals surface area contributed by atoms with Gasteiger partial charge in [0.2, 0.25) is 5.91 Å². The summed E-state index contributed by atoms with van der Waals surface area (Å²) in [6.07, 6.45) is 5.48. The van der Waals surface area contributed by atoms with E-state index in [-0.39, 0.29) is 28.7 Å². The molecule has 1 aromatic rings. The van der Waals surface area contributed by atoms with E-state index >= 15 is 0 Å². The topological polar surface area (TPSA) is 63.2 Å². The average Bonchev–Trinajstić information content (AvgIpc) is 2.91. The quantitative estimate of drug-likeness (QED) is 0.869. The molecule has 0 saturated carbocycles. The molecule has 24 heavy (non-hydrogen) atoms. The maximum absolute atomic E-state index is 12.2. The molecule has 132 valence electrons. The van der Waals surface area contributed by atoms with Gasteiger partial charge in [-0.2, -0.15) is 0 Å². The van der Waals surface area contributed by atoms with Gasteiger partial charge in [0.1, 0.15) is 0 Å². The number of sulfone groups is 1. The zero-order valence-corrected chi connectivity index (χ0v) is 15.7. The number of nitrogens with one attached hydrogen (secondary N) is 1. The molecular formula is C18H25NO3S2. The van der Waals surface area contributed by atoms with Crippen LogP contribution >= 0.6 is 11.8 Å². The Kier molecular flexibility index (Phi) is 5.55. The zero-order chi connectivity index (χ0) is 17.2. The summed E-state index contributed by atoms with van der Waals surface area (Å²) in [6, 6.07) is 6.53. The predicted octanol–water partition coefficient (Wildman–Crippen LogP) is 2.66. The first kappa shape index (κ1) is 17.8. The Labute approximate surface area is 148 Å². The van der Waals surface area contributed by atoms with Crippen molar-refractivity contribution in [3.63, 3.8) is 0 Å². The Morgan fingerprint density at radius 1 is 1.29 bits per heavy atom. The molecule has 0 bridgehead atoms. The second kappa shape index (κ2) is 7.48. The van der Waals surface area contributed by atoms with E-state index in [0.29, 0.717) is 12.2 Å². The monoisotopic (exact) mass is 367 g/mol. The van der Waals surface area contributed by atoms with Gasteiger partial charge in [0.05, 0.1) is 23.3 Å². The fraction of sp³-hybridized carbons (Fsp3) is 0.611. The van der Waals surface area contributed by atoms with Gasteiger partial charge in [0.25, 0.3) is 0 Å². The molecule has 0 spiro atoms. The molecule has 1 aromatic carbocycles. The Bertz CT molecular complexity index is 715. The average molecular weight is 368 g/mol. The molecular weight excluding hydrogens is 342 g/mol. The third-order valence-electron chi connectivity index (χ3n) is 4.89. The molecule has 0 aromatic heterocycles. The first-order chi connectivity index (χ1) is 11.4. The highest BCUT2D eigenvalue weighted by Gasteiger charge is 2.28. The van der Waals surface area contributed by atoms with Gasteiger partial charge in [-0.15, -0.1) is 11.8 Å². The third-order valence-corrected chi connectivity index (χ3v) is 8.17. The minimum absolute atomic E-state index is 0.0161. The van der Waals surface area contributed by atoms with Crippen LogP contribution in [0.5, 0.6) is 0 Å². The number of amides is 1. The van der Waals surface area contributed by atoms with Gasteiger partial charge in [-0.05, 0) is 55.7 Å². The molecule has 1 saturated heterocycles. The van der Waals surface area contributed by atoms with Crippen molar-refractivity contribution in [1.29, 1.82) is 0 Å². The van der Waals surface area contributed by atoms with Crippen molar-refractivity contribution in [1.82, 2.24) is 5.32 Å². The molecule has 1 aliphatic carbocycles. The third kappa shape index (κ3) is 4.54. The summed E-state index contributed by atoms with van der Waals surface area (Å²) in [7, 11) is -2.87. The SMILES string of the molecule is CC(NC(=O)CSC1CCS(=O)(=O)C1)c1ccc2c(c1)CCCC2. The van der Waals surface area contributed by atoms with Crippen LogP contribution < -0.4 is 5.32 Å². The second-order valence-electron chi connectivity index (χ2n) is 6.86. The van der Waals surface area contributed by atoms with Crippen LogP contribution in [-0.2, 0) is 27.5 Å². The Hall–Kier alpha value is -1.01. The van der Waals surface area contributed by atoms with E-state index in [1.165, 1.54) is 35.7 Å². The lowest BCUT2D eigenvalue weighted by Gasteiger charge is -2.20. The van der Waals surface area contributed by atoms with Gasteiger partial charge in [0, 0.05) is 5.25 Å². The zero-order valence-electron chi connectivity index (χ0n) is 14.1. The highest BCUT2D eigenvalue weighted by molar-refractivity contribution is 8.02. The molecule has 1 amide bonds. The lowest BCUT2D eigenvalue weighted by atomic mass is 9.89. The number of thioether (sulfide) groups is 1. The molecule has 3 rings (SSSR count). The number of aryl methyl sites for hydroxylation is 2. The van der Waals surface area contributed by atoms with Crippen LogP contribution in [0.15, 0.2) is 18.2 Å². The summed E-state index contributed by atoms with van der Waals surface area (Å²) < 4.78 is 22.9. The first-order valence-corrected chi connectivity index (χ1v) is 11.5. The van der Waals surface area contributed by atoms with E-state index < -0.39 is 9.84 Å². The number of fused-ring (bicyclic) bond motifs is 1. The van der Waals surface area contributed by atoms with Crippen LogP contribution in [0.4, 0.5) is 0 Å². The van der Waals surface area contributed by atoms with Crippen molar-refractivity contribution >= 4 is 27.5 Å². The highest BCUT2D eigenvalue weighted by atomic mass is 32.2. The normalized spacial score (nSPS) is 23.5. The maximum Gasteiger partial charge on any atom is 0.230 e. The molecule has 1 fully saturated rings. The smallest absolute Gasteiger partial charge is 0.230 e. The van der Waals surface area contributed by atoms with E-state index in [0.717, 1.165) is 18.4 Å². The van der Waals surface area contributed by atoms with Crippen molar-refractivity contribution in [3.05, 3.63) is 34.9 Å². The van der Waals surface area contributed by atoms with Crippen molar-refractivity contribution in [2.45, 2.75) is 50.3 Å². The molecule has 2 unspecified atom stereocenters. The summed E-state index contributed by atoms with van der Waals surface area (Å²) in [5.41, 5.74) is 4.02. The van der Waals surface area contributed by atoms with Crippen molar-refractivity contribution in [2.24, 2.45) is 0 Å². The van der Waals surface area contributed by atoms with E-state index in [2.05, 4.69) is 23.5 Å². The van der Waals surface area contributed by atoms with E-state index in [4.69, 9.17) is 0 Å². The van der Waals surface area contributed by atoms with E-state index in [9.17, 15) is 13.2 Å². The van der Waals surface area contributed by atoms with Crippen LogP contribution in [-0.4, -0.2) is 36.8 Å². The van der Waals surface area contributed by atoms with Gasteiger partial charge in [-0.1, -0.05) is 18.2 Å². The molecule has 4 nitrogen and oxygen atoms in total. The van der Waals surface area contributed by atoms with Gasteiger partial charge in [-0.25, -0.2) is 8.42 Å². The molecule has 2 aliphatic rings. The van der Waals surface area contributed by atoms with Crippen LogP contribution in [0.25, 0.3) is 0 Å². The maximum atomic E-state index is 12.2. The molecule has 2 atom stereocenters. The van der Waals surface area contributed by atoms with Crippen molar-refractivity contribution in [3.8, 4) is 0 Å². The lowest BCUT2D eigenvalue weighted by molar-refractivity contribution is -0.119. The summed E-state index contributed by atoms with van der Waals surface area (Å²) in [4.78, 5) is 12.2. The van der Waals surface area contributed by atoms with Crippen LogP contribution in [0, 0.1) is 0 Å². The van der Waals surface area contributed by atoms with Gasteiger partial charge in [-0.3, -0.25) is 4.79 Å². The van der Waals surface area contributed by atoms with Gasteiger partial charge in [0.15, 0.2) is 9.84 Å². The number of hydrogen-bond acceptors (Lipinski definition) is 4. The molecule has 6 heteroatoms. The number of carbonyl (C=O) groups is 1. The minimum atomic E-state index is -2.87. The van der Waals surface area contributed by atoms with Crippen molar-refractivity contribution < 1.29 is 13.2 Å². The van der Waals surface area contributed by atoms with Crippen molar-refractivity contribution in [2.75, 3.05) is 17.3 Å². The Balaban J connectivity index is 1.51. The Morgan fingerprint density at radius 3 is 2.75 bits per heavy atom.